The van der Waals surface area contributed by atoms with E-state index in [1.54, 1.807) is 12.1 Å². The van der Waals surface area contributed by atoms with E-state index in [0.29, 0.717) is 0 Å². The van der Waals surface area contributed by atoms with Gasteiger partial charge in [0.15, 0.2) is 0 Å². The van der Waals surface area contributed by atoms with Crippen molar-refractivity contribution in [2.24, 2.45) is 0 Å². The number of hydrogen-bond acceptors (Lipinski definition) is 4. The third kappa shape index (κ3) is 3.20. The number of halogens is 1. The van der Waals surface area contributed by atoms with Gasteiger partial charge in [-0.05, 0) is 50.3 Å². The fraction of sp³-hybridized carbons (Fsp3) is 0.471. The average Bonchev–Trinajstić information content (AvgIpc) is 2.54. The second-order valence-corrected chi connectivity index (χ2v) is 7.10. The molecule has 1 aliphatic heterocycles. The molecule has 0 saturated carbocycles. The van der Waals surface area contributed by atoms with Gasteiger partial charge in [-0.25, -0.2) is 4.39 Å². The predicted octanol–water partition coefficient (Wildman–Crippen LogP) is 4.01. The van der Waals surface area contributed by atoms with Crippen molar-refractivity contribution in [3.05, 3.63) is 35.8 Å². The molecule has 1 aliphatic rings. The van der Waals surface area contributed by atoms with Crippen molar-refractivity contribution in [3.8, 4) is 0 Å². The Labute approximate surface area is 134 Å². The van der Waals surface area contributed by atoms with Gasteiger partial charge in [-0.15, -0.1) is 0 Å². The molecule has 2 aromatic rings. The molecular formula is C17H21FN2OS. The highest BCUT2D eigenvalue weighted by atomic mass is 32.2. The van der Waals surface area contributed by atoms with Crippen LogP contribution < -0.4 is 5.32 Å². The van der Waals surface area contributed by atoms with Gasteiger partial charge >= 0.3 is 0 Å². The lowest BCUT2D eigenvalue weighted by Crippen LogP contribution is -2.39. The van der Waals surface area contributed by atoms with E-state index >= 15 is 0 Å². The van der Waals surface area contributed by atoms with Gasteiger partial charge in [0.2, 0.25) is 0 Å². The van der Waals surface area contributed by atoms with Crippen molar-refractivity contribution < 1.29 is 9.13 Å². The van der Waals surface area contributed by atoms with E-state index in [4.69, 9.17) is 4.74 Å². The minimum absolute atomic E-state index is 0.190. The Morgan fingerprint density at radius 1 is 1.32 bits per heavy atom. The molecule has 0 amide bonds. The Morgan fingerprint density at radius 2 is 2.09 bits per heavy atom. The molecule has 3 nitrogen and oxygen atoms in total. The Kier molecular flexibility index (Phi) is 4.54. The van der Waals surface area contributed by atoms with E-state index in [-0.39, 0.29) is 10.6 Å². The van der Waals surface area contributed by atoms with Crippen LogP contribution in [0.15, 0.2) is 24.3 Å². The summed E-state index contributed by atoms with van der Waals surface area (Å²) >= 11 is 1.89. The maximum atomic E-state index is 13.6. The normalized spacial score (nSPS) is 17.6. The number of nitrogens with zero attached hydrogens (tertiary/aromatic N) is 1. The van der Waals surface area contributed by atoms with Crippen LogP contribution in [0.4, 0.5) is 10.1 Å². The van der Waals surface area contributed by atoms with Crippen LogP contribution in [0, 0.1) is 12.7 Å². The molecule has 0 unspecified atom stereocenters. The van der Waals surface area contributed by atoms with E-state index < -0.39 is 0 Å². The van der Waals surface area contributed by atoms with Gasteiger partial charge in [-0.1, -0.05) is 0 Å². The minimum atomic E-state index is -0.230. The summed E-state index contributed by atoms with van der Waals surface area (Å²) in [7, 11) is 0. The number of nitrogens with one attached hydrogen (secondary N) is 1. The van der Waals surface area contributed by atoms with Crippen LogP contribution in [0.5, 0.6) is 0 Å². The predicted molar refractivity (Wildman–Crippen MR) is 91.2 cm³/mol. The number of rotatable bonds is 4. The topological polar surface area (TPSA) is 34.2 Å². The Bertz CT molecular complexity index is 671. The molecule has 5 heteroatoms. The first-order chi connectivity index (χ1) is 10.6. The molecule has 0 bridgehead atoms. The summed E-state index contributed by atoms with van der Waals surface area (Å²) in [5, 5.41) is 4.38. The van der Waals surface area contributed by atoms with E-state index in [2.05, 4.69) is 16.6 Å². The summed E-state index contributed by atoms with van der Waals surface area (Å²) in [6.45, 7) is 4.44. The van der Waals surface area contributed by atoms with Gasteiger partial charge in [0.05, 0.1) is 5.52 Å². The van der Waals surface area contributed by atoms with Gasteiger partial charge in [0.1, 0.15) is 5.82 Å². The summed E-state index contributed by atoms with van der Waals surface area (Å²) < 4.78 is 19.3. The first kappa shape index (κ1) is 15.6. The highest BCUT2D eigenvalue weighted by Gasteiger charge is 2.31. The van der Waals surface area contributed by atoms with E-state index in [1.165, 1.54) is 6.07 Å². The van der Waals surface area contributed by atoms with Crippen LogP contribution in [-0.2, 0) is 4.74 Å². The molecule has 0 atom stereocenters. The number of benzene rings is 1. The smallest absolute Gasteiger partial charge is 0.124 e. The van der Waals surface area contributed by atoms with Crippen LogP contribution in [0.1, 0.15) is 18.5 Å². The lowest BCUT2D eigenvalue weighted by atomic mass is 9.98. The molecule has 1 N–H and O–H groups in total. The van der Waals surface area contributed by atoms with Crippen LogP contribution in [0.25, 0.3) is 10.9 Å². The highest BCUT2D eigenvalue weighted by molar-refractivity contribution is 8.00. The lowest BCUT2D eigenvalue weighted by Gasteiger charge is -2.36. The molecule has 2 heterocycles. The Morgan fingerprint density at radius 3 is 2.82 bits per heavy atom. The number of aromatic nitrogens is 1. The summed E-state index contributed by atoms with van der Waals surface area (Å²) in [5.74, 6) is -0.230. The molecule has 1 aromatic carbocycles. The van der Waals surface area contributed by atoms with E-state index in [9.17, 15) is 4.39 Å². The summed E-state index contributed by atoms with van der Waals surface area (Å²) in [5.41, 5.74) is 2.72. The first-order valence-corrected chi connectivity index (χ1v) is 8.78. The third-order valence-corrected chi connectivity index (χ3v) is 5.76. The standard InChI is InChI=1S/C17H21FN2OS/c1-12-9-16(14-10-13(18)3-4-15(14)20-12)19-11-17(22-2)5-7-21-8-6-17/h3-4,9-10H,5-8,11H2,1-2H3,(H,19,20). The number of thioether (sulfide) groups is 1. The number of fused-ring (bicyclic) bond motifs is 1. The quantitative estimate of drug-likeness (QED) is 0.923. The average molecular weight is 320 g/mol. The van der Waals surface area contributed by atoms with Crippen molar-refractivity contribution in [2.45, 2.75) is 24.5 Å². The van der Waals surface area contributed by atoms with Crippen LogP contribution in [0.2, 0.25) is 0 Å². The summed E-state index contributed by atoms with van der Waals surface area (Å²) in [4.78, 5) is 4.48. The summed E-state index contributed by atoms with van der Waals surface area (Å²) in [6.07, 6.45) is 4.23. The SMILES string of the molecule is CSC1(CNc2cc(C)nc3ccc(F)cc23)CCOCC1. The number of pyridine rings is 1. The van der Waals surface area contributed by atoms with Gasteiger partial charge < -0.3 is 10.1 Å². The van der Waals surface area contributed by atoms with E-state index in [0.717, 1.165) is 54.9 Å². The van der Waals surface area contributed by atoms with Crippen LogP contribution >= 0.6 is 11.8 Å². The molecule has 1 fully saturated rings. The van der Waals surface area contributed by atoms with Gasteiger partial charge in [0, 0.05) is 41.3 Å². The van der Waals surface area contributed by atoms with Gasteiger partial charge in [-0.3, -0.25) is 4.98 Å². The third-order valence-electron chi connectivity index (χ3n) is 4.34. The second-order valence-electron chi connectivity index (χ2n) is 5.83. The number of anilines is 1. The first-order valence-electron chi connectivity index (χ1n) is 7.56. The maximum Gasteiger partial charge on any atom is 0.124 e. The molecule has 0 spiro atoms. The molecular weight excluding hydrogens is 299 g/mol. The largest absolute Gasteiger partial charge is 0.383 e. The fourth-order valence-electron chi connectivity index (χ4n) is 2.93. The van der Waals surface area contributed by atoms with Gasteiger partial charge in [-0.2, -0.15) is 11.8 Å². The zero-order valence-corrected chi connectivity index (χ0v) is 13.8. The fourth-order valence-corrected chi connectivity index (χ4v) is 3.72. The van der Waals surface area contributed by atoms with Crippen LogP contribution in [-0.4, -0.2) is 35.7 Å². The molecule has 0 aliphatic carbocycles. The summed E-state index contributed by atoms with van der Waals surface area (Å²) in [6, 6.07) is 6.75. The second kappa shape index (κ2) is 6.42. The molecule has 0 radical (unpaired) electrons. The van der Waals surface area contributed by atoms with Crippen molar-refractivity contribution in [1.82, 2.24) is 4.98 Å². The van der Waals surface area contributed by atoms with Gasteiger partial charge in [0.25, 0.3) is 0 Å². The molecule has 1 saturated heterocycles. The van der Waals surface area contributed by atoms with Crippen molar-refractivity contribution >= 4 is 28.4 Å². The molecule has 118 valence electrons. The monoisotopic (exact) mass is 320 g/mol. The maximum absolute atomic E-state index is 13.6. The zero-order valence-electron chi connectivity index (χ0n) is 13.0. The Balaban J connectivity index is 1.88. The van der Waals surface area contributed by atoms with Crippen molar-refractivity contribution in [1.29, 1.82) is 0 Å². The number of hydrogen-bond donors (Lipinski definition) is 1. The molecule has 3 rings (SSSR count). The lowest BCUT2D eigenvalue weighted by molar-refractivity contribution is 0.0802. The van der Waals surface area contributed by atoms with Crippen molar-refractivity contribution in [2.75, 3.05) is 31.3 Å². The van der Waals surface area contributed by atoms with E-state index in [1.807, 2.05) is 24.8 Å². The Hall–Kier alpha value is -1.33. The highest BCUT2D eigenvalue weighted by Crippen LogP contribution is 2.35. The van der Waals surface area contributed by atoms with Crippen LogP contribution in [0.3, 0.4) is 0 Å². The van der Waals surface area contributed by atoms with Crippen molar-refractivity contribution in [3.63, 3.8) is 0 Å². The minimum Gasteiger partial charge on any atom is -0.383 e. The molecule has 1 aromatic heterocycles. The zero-order chi connectivity index (χ0) is 15.6. The number of ether oxygens (including phenoxy) is 1. The molecule has 22 heavy (non-hydrogen) atoms. The number of aryl methyl sites for hydroxylation is 1.